The summed E-state index contributed by atoms with van der Waals surface area (Å²) in [5, 5.41) is 0. The molecule has 1 heterocycles. The van der Waals surface area contributed by atoms with Gasteiger partial charge in [-0.2, -0.15) is 0 Å². The summed E-state index contributed by atoms with van der Waals surface area (Å²) in [6.45, 7) is 5.49. The Labute approximate surface area is 196 Å². The molecule has 1 aliphatic heterocycles. The van der Waals surface area contributed by atoms with E-state index in [1.54, 1.807) is 43.4 Å². The van der Waals surface area contributed by atoms with Gasteiger partial charge in [0.1, 0.15) is 13.2 Å². The molecule has 1 aliphatic rings. The first-order chi connectivity index (χ1) is 15.6. The summed E-state index contributed by atoms with van der Waals surface area (Å²) >= 11 is 0. The van der Waals surface area contributed by atoms with Gasteiger partial charge in [0, 0.05) is 13.0 Å². The van der Waals surface area contributed by atoms with E-state index in [0.29, 0.717) is 0 Å². The number of ether oxygens (including phenoxy) is 3. The maximum atomic E-state index is 12.9. The molecule has 0 unspecified atom stereocenters. The molecule has 182 valence electrons. The van der Waals surface area contributed by atoms with Crippen molar-refractivity contribution in [3.8, 4) is 0 Å². The normalized spacial score (nSPS) is 27.9. The Hall–Kier alpha value is -2.49. The van der Waals surface area contributed by atoms with E-state index in [9.17, 15) is 18.0 Å². The molecule has 1 aromatic rings. The molecular weight excluding hydrogens is 446 g/mol. The lowest BCUT2D eigenvalue weighted by atomic mass is 10.0. The van der Waals surface area contributed by atoms with Crippen LogP contribution in [0, 0.1) is 18.8 Å². The highest BCUT2D eigenvalue weighted by atomic mass is 32.2. The van der Waals surface area contributed by atoms with E-state index < -0.39 is 28.0 Å². The van der Waals surface area contributed by atoms with E-state index in [1.165, 1.54) is 19.2 Å². The van der Waals surface area contributed by atoms with Crippen LogP contribution in [0.3, 0.4) is 0 Å². The number of methoxy groups -OCH3 is 1. The predicted molar refractivity (Wildman–Crippen MR) is 124 cm³/mol. The number of hydrogen-bond donors (Lipinski definition) is 1. The molecule has 2 rings (SSSR count). The molecule has 0 saturated carbocycles. The highest BCUT2D eigenvalue weighted by Crippen LogP contribution is 2.16. The third kappa shape index (κ3) is 8.75. The van der Waals surface area contributed by atoms with Crippen LogP contribution in [-0.2, 0) is 33.8 Å². The average molecular weight is 480 g/mol. The van der Waals surface area contributed by atoms with Gasteiger partial charge in [0.05, 0.1) is 29.9 Å². The zero-order valence-corrected chi connectivity index (χ0v) is 20.3. The Kier molecular flexibility index (Phi) is 10.3. The minimum absolute atomic E-state index is 0.0300. The van der Waals surface area contributed by atoms with E-state index in [2.05, 4.69) is 4.72 Å². The molecule has 0 spiro atoms. The fourth-order valence-corrected chi connectivity index (χ4v) is 4.52. The number of benzene rings is 1. The van der Waals surface area contributed by atoms with Gasteiger partial charge >= 0.3 is 11.9 Å². The Morgan fingerprint density at radius 2 is 1.45 bits per heavy atom. The van der Waals surface area contributed by atoms with Gasteiger partial charge in [-0.3, -0.25) is 9.59 Å². The van der Waals surface area contributed by atoms with E-state index in [4.69, 9.17) is 14.2 Å². The van der Waals surface area contributed by atoms with E-state index >= 15 is 0 Å². The molecule has 1 N–H and O–H groups in total. The van der Waals surface area contributed by atoms with Crippen LogP contribution in [0.1, 0.15) is 32.3 Å². The SMILES string of the molecule is CO[C@@H]1COC(=O)C/C=C\[C@H](C)[C@@H](NS(=O)(=O)c2ccc(C)cc2)COC(=O)C/C=C\[C@@H]1C. The standard InChI is InChI=1S/C24H33NO7S/c1-17-11-13-20(14-12-17)33(28,29)25-21-15-31-23(26)10-6-8-19(3)22(30-4)16-32-24(27)9-5-7-18(21)2/h5-8,11-14,18-19,21-22,25H,9-10,15-16H2,1-4H3/b7-5-,8-6-/t18-,19-,21-,22+/m0/s1. The van der Waals surface area contributed by atoms with Gasteiger partial charge in [0.2, 0.25) is 10.0 Å². The summed E-state index contributed by atoms with van der Waals surface area (Å²) < 4.78 is 44.4. The van der Waals surface area contributed by atoms with Crippen LogP contribution in [0.4, 0.5) is 0 Å². The predicted octanol–water partition coefficient (Wildman–Crippen LogP) is 2.92. The van der Waals surface area contributed by atoms with Crippen molar-refractivity contribution in [3.63, 3.8) is 0 Å². The van der Waals surface area contributed by atoms with Crippen molar-refractivity contribution in [1.82, 2.24) is 4.72 Å². The number of cyclic esters (lactones) is 2. The number of rotatable bonds is 4. The lowest BCUT2D eigenvalue weighted by Crippen LogP contribution is -2.42. The largest absolute Gasteiger partial charge is 0.464 e. The first-order valence-electron chi connectivity index (χ1n) is 10.9. The quantitative estimate of drug-likeness (QED) is 0.522. The van der Waals surface area contributed by atoms with E-state index in [1.807, 2.05) is 13.8 Å². The summed E-state index contributed by atoms with van der Waals surface area (Å²) in [5.74, 6) is -1.33. The fraction of sp³-hybridized carbons (Fsp3) is 0.500. The van der Waals surface area contributed by atoms with Gasteiger partial charge in [-0.1, -0.05) is 55.8 Å². The van der Waals surface area contributed by atoms with Gasteiger partial charge in [-0.05, 0) is 25.0 Å². The second-order valence-corrected chi connectivity index (χ2v) is 9.88. The fourth-order valence-electron chi connectivity index (χ4n) is 3.20. The Balaban J connectivity index is 2.20. The van der Waals surface area contributed by atoms with Crippen LogP contribution in [-0.4, -0.2) is 52.8 Å². The number of hydrogen-bond acceptors (Lipinski definition) is 7. The Morgan fingerprint density at radius 3 is 2.03 bits per heavy atom. The molecule has 0 radical (unpaired) electrons. The molecule has 4 atom stereocenters. The molecule has 0 aliphatic carbocycles. The van der Waals surface area contributed by atoms with Crippen molar-refractivity contribution in [2.24, 2.45) is 11.8 Å². The molecule has 8 nitrogen and oxygen atoms in total. The Morgan fingerprint density at radius 1 is 0.909 bits per heavy atom. The topological polar surface area (TPSA) is 108 Å². The van der Waals surface area contributed by atoms with Crippen LogP contribution in [0.15, 0.2) is 53.5 Å². The third-order valence-electron chi connectivity index (χ3n) is 5.44. The number of nitrogens with one attached hydrogen (secondary N) is 1. The zero-order chi connectivity index (χ0) is 24.4. The summed E-state index contributed by atoms with van der Waals surface area (Å²) in [6.07, 6.45) is 6.53. The average Bonchev–Trinajstić information content (AvgIpc) is 2.76. The highest BCUT2D eigenvalue weighted by Gasteiger charge is 2.25. The van der Waals surface area contributed by atoms with Crippen LogP contribution in [0.2, 0.25) is 0 Å². The van der Waals surface area contributed by atoms with E-state index in [0.717, 1.165) is 5.56 Å². The molecular formula is C24H33NO7S. The Bertz CT molecular complexity index is 954. The summed E-state index contributed by atoms with van der Waals surface area (Å²) in [4.78, 5) is 24.4. The lowest BCUT2D eigenvalue weighted by molar-refractivity contribution is -0.147. The first-order valence-corrected chi connectivity index (χ1v) is 12.4. The van der Waals surface area contributed by atoms with Crippen molar-refractivity contribution >= 4 is 22.0 Å². The minimum Gasteiger partial charge on any atom is -0.464 e. The van der Waals surface area contributed by atoms with Gasteiger partial charge in [-0.15, -0.1) is 0 Å². The lowest BCUT2D eigenvalue weighted by Gasteiger charge is -2.23. The third-order valence-corrected chi connectivity index (χ3v) is 6.95. The number of sulfonamides is 1. The highest BCUT2D eigenvalue weighted by molar-refractivity contribution is 7.89. The van der Waals surface area contributed by atoms with Crippen LogP contribution in [0.5, 0.6) is 0 Å². The van der Waals surface area contributed by atoms with Crippen molar-refractivity contribution in [2.45, 2.75) is 50.7 Å². The monoisotopic (exact) mass is 479 g/mol. The van der Waals surface area contributed by atoms with Crippen molar-refractivity contribution in [3.05, 3.63) is 54.1 Å². The van der Waals surface area contributed by atoms with Crippen molar-refractivity contribution in [2.75, 3.05) is 20.3 Å². The van der Waals surface area contributed by atoms with Crippen LogP contribution < -0.4 is 4.72 Å². The maximum absolute atomic E-state index is 12.9. The second kappa shape index (κ2) is 12.7. The van der Waals surface area contributed by atoms with Crippen molar-refractivity contribution < 1.29 is 32.2 Å². The van der Waals surface area contributed by atoms with Gasteiger partial charge in [0.15, 0.2) is 0 Å². The van der Waals surface area contributed by atoms with Crippen molar-refractivity contribution in [1.29, 1.82) is 0 Å². The number of esters is 2. The first kappa shape index (κ1) is 26.8. The molecule has 0 saturated heterocycles. The second-order valence-electron chi connectivity index (χ2n) is 8.16. The molecule has 33 heavy (non-hydrogen) atoms. The molecule has 0 bridgehead atoms. The number of carbonyl (C=O) groups excluding carboxylic acids is 2. The number of carbonyl (C=O) groups is 2. The molecule has 1 aromatic carbocycles. The number of aryl methyl sites for hydroxylation is 1. The minimum atomic E-state index is -3.84. The van der Waals surface area contributed by atoms with Gasteiger partial charge < -0.3 is 14.2 Å². The molecule has 0 aromatic heterocycles. The van der Waals surface area contributed by atoms with Crippen LogP contribution >= 0.6 is 0 Å². The summed E-state index contributed by atoms with van der Waals surface area (Å²) in [5.41, 5.74) is 0.940. The summed E-state index contributed by atoms with van der Waals surface area (Å²) in [7, 11) is -2.30. The van der Waals surface area contributed by atoms with Crippen LogP contribution in [0.25, 0.3) is 0 Å². The zero-order valence-electron chi connectivity index (χ0n) is 19.5. The molecule has 0 fully saturated rings. The maximum Gasteiger partial charge on any atom is 0.309 e. The van der Waals surface area contributed by atoms with E-state index in [-0.39, 0.29) is 48.9 Å². The van der Waals surface area contributed by atoms with Gasteiger partial charge in [-0.25, -0.2) is 13.1 Å². The molecule has 0 amide bonds. The smallest absolute Gasteiger partial charge is 0.309 e. The van der Waals surface area contributed by atoms with Gasteiger partial charge in [0.25, 0.3) is 0 Å². The molecule has 9 heteroatoms. The summed E-state index contributed by atoms with van der Waals surface area (Å²) in [6, 6.07) is 5.75.